The van der Waals surface area contributed by atoms with Gasteiger partial charge in [0.05, 0.1) is 12.1 Å². The van der Waals surface area contributed by atoms with Gasteiger partial charge >= 0.3 is 0 Å². The molecule has 80 valence electrons. The number of rotatable bonds is 0. The van der Waals surface area contributed by atoms with Gasteiger partial charge in [0.2, 0.25) is 0 Å². The van der Waals surface area contributed by atoms with Crippen LogP contribution in [0.15, 0.2) is 0 Å². The first kappa shape index (κ1) is 11.0. The second-order valence-corrected chi connectivity index (χ2v) is 4.64. The summed E-state index contributed by atoms with van der Waals surface area (Å²) in [5.41, 5.74) is -0.517. The van der Waals surface area contributed by atoms with E-state index < -0.39 is 11.6 Å². The van der Waals surface area contributed by atoms with E-state index in [1.165, 1.54) is 0 Å². The van der Waals surface area contributed by atoms with Crippen molar-refractivity contribution < 1.29 is 19.2 Å². The number of amides is 2. The van der Waals surface area contributed by atoms with E-state index in [2.05, 4.69) is 5.32 Å². The van der Waals surface area contributed by atoms with Gasteiger partial charge in [-0.25, -0.2) is 0 Å². The third-order valence-electron chi connectivity index (χ3n) is 2.86. The summed E-state index contributed by atoms with van der Waals surface area (Å²) in [4.78, 5) is 22.4. The molecule has 1 unspecified atom stereocenters. The maximum Gasteiger partial charge on any atom is 0.275 e. The van der Waals surface area contributed by atoms with Gasteiger partial charge in [0, 0.05) is 0 Å². The number of hydrogen-bond donors (Lipinski definition) is 1. The van der Waals surface area contributed by atoms with Crippen molar-refractivity contribution in [1.29, 1.82) is 0 Å². The second-order valence-electron chi connectivity index (χ2n) is 4.64. The van der Waals surface area contributed by atoms with Gasteiger partial charge in [-0.3, -0.25) is 9.28 Å². The molecule has 2 amide bonds. The van der Waals surface area contributed by atoms with Gasteiger partial charge in [0.1, 0.15) is 6.54 Å². The van der Waals surface area contributed by atoms with E-state index in [4.69, 9.17) is 0 Å². The Morgan fingerprint density at radius 2 is 2.07 bits per heavy atom. The van der Waals surface area contributed by atoms with Gasteiger partial charge in [-0.1, -0.05) is 0 Å². The molecule has 1 heterocycles. The first-order chi connectivity index (χ1) is 6.29. The summed E-state index contributed by atoms with van der Waals surface area (Å²) in [6.07, 6.45) is -1.17. The minimum atomic E-state index is -1.17. The average Bonchev–Trinajstić information content (AvgIpc) is 2.01. The zero-order valence-corrected chi connectivity index (χ0v) is 8.79. The third kappa shape index (κ3) is 1.59. The molecular formula is C9H16N2O3. The molecule has 0 radical (unpaired) electrons. The van der Waals surface area contributed by atoms with Crippen molar-refractivity contribution in [2.75, 3.05) is 19.6 Å². The topological polar surface area (TPSA) is 69.2 Å². The molecule has 1 aliphatic rings. The van der Waals surface area contributed by atoms with Crippen LogP contribution in [0.5, 0.6) is 0 Å². The first-order valence-electron chi connectivity index (χ1n) is 4.65. The highest BCUT2D eigenvalue weighted by molar-refractivity contribution is 5.79. The van der Waals surface area contributed by atoms with Crippen LogP contribution in [-0.4, -0.2) is 41.7 Å². The summed E-state index contributed by atoms with van der Waals surface area (Å²) in [5, 5.41) is 13.8. The lowest BCUT2D eigenvalue weighted by Crippen LogP contribution is -2.74. The number of hydrogen-bond acceptors (Lipinski definition) is 3. The summed E-state index contributed by atoms with van der Waals surface area (Å²) in [7, 11) is 0. The molecule has 1 fully saturated rings. The van der Waals surface area contributed by atoms with E-state index in [1.807, 2.05) is 0 Å². The van der Waals surface area contributed by atoms with E-state index in [0.717, 1.165) is 0 Å². The summed E-state index contributed by atoms with van der Waals surface area (Å²) in [6, 6.07) is 0. The van der Waals surface area contributed by atoms with Crippen molar-refractivity contribution >= 4 is 12.0 Å². The molecule has 1 N–H and O–H groups in total. The number of nitrogens with zero attached hydrogens (tertiary/aromatic N) is 1. The average molecular weight is 200 g/mol. The van der Waals surface area contributed by atoms with Crippen molar-refractivity contribution in [2.45, 2.75) is 26.3 Å². The highest BCUT2D eigenvalue weighted by atomic mass is 16.4. The molecule has 0 bridgehead atoms. The van der Waals surface area contributed by atoms with Gasteiger partial charge in [0.15, 0.2) is 6.54 Å². The van der Waals surface area contributed by atoms with Crippen LogP contribution in [0.4, 0.5) is 4.79 Å². The smallest absolute Gasteiger partial charge is 0.275 e. The molecule has 0 aromatic carbocycles. The Morgan fingerprint density at radius 3 is 2.36 bits per heavy atom. The SMILES string of the molecule is CC(C)(C)[N+]1(C(=O)[O-])CCNC(=O)C1. The van der Waals surface area contributed by atoms with Crippen molar-refractivity contribution in [3.05, 3.63) is 0 Å². The van der Waals surface area contributed by atoms with Gasteiger partial charge < -0.3 is 15.2 Å². The molecule has 1 aliphatic heterocycles. The Balaban J connectivity index is 3.04. The molecule has 0 aromatic heterocycles. The Bertz CT molecular complexity index is 270. The zero-order chi connectivity index (χ0) is 11.0. The van der Waals surface area contributed by atoms with Gasteiger partial charge in [-0.05, 0) is 20.8 Å². The molecule has 0 spiro atoms. The van der Waals surface area contributed by atoms with Crippen LogP contribution in [-0.2, 0) is 4.79 Å². The lowest BCUT2D eigenvalue weighted by molar-refractivity contribution is -0.913. The Morgan fingerprint density at radius 1 is 1.50 bits per heavy atom. The Kier molecular flexibility index (Phi) is 2.54. The van der Waals surface area contributed by atoms with Gasteiger partial charge in [-0.15, -0.1) is 0 Å². The number of nitrogens with one attached hydrogen (secondary N) is 1. The highest BCUT2D eigenvalue weighted by Crippen LogP contribution is 2.25. The van der Waals surface area contributed by atoms with Crippen LogP contribution < -0.4 is 10.4 Å². The van der Waals surface area contributed by atoms with Crippen LogP contribution >= 0.6 is 0 Å². The normalized spacial score (nSPS) is 28.4. The fourth-order valence-electron chi connectivity index (χ4n) is 1.77. The quantitative estimate of drug-likeness (QED) is 0.514. The van der Waals surface area contributed by atoms with Crippen molar-refractivity contribution in [2.24, 2.45) is 0 Å². The lowest BCUT2D eigenvalue weighted by atomic mass is 10.0. The van der Waals surface area contributed by atoms with Gasteiger partial charge in [-0.2, -0.15) is 0 Å². The summed E-state index contributed by atoms with van der Waals surface area (Å²) < 4.78 is -0.293. The summed E-state index contributed by atoms with van der Waals surface area (Å²) >= 11 is 0. The number of piperazine rings is 1. The van der Waals surface area contributed by atoms with Gasteiger partial charge in [0.25, 0.3) is 12.0 Å². The van der Waals surface area contributed by atoms with E-state index in [9.17, 15) is 14.7 Å². The molecule has 14 heavy (non-hydrogen) atoms. The Labute approximate surface area is 83.3 Å². The van der Waals surface area contributed by atoms with Crippen LogP contribution in [0.1, 0.15) is 20.8 Å². The number of quaternary nitrogens is 1. The molecule has 1 saturated heterocycles. The lowest BCUT2D eigenvalue weighted by Gasteiger charge is -2.49. The number of carbonyl (C=O) groups is 2. The zero-order valence-electron chi connectivity index (χ0n) is 8.79. The molecule has 1 rings (SSSR count). The maximum atomic E-state index is 11.2. The van der Waals surface area contributed by atoms with Crippen molar-refractivity contribution in [3.63, 3.8) is 0 Å². The molecule has 1 atom stereocenters. The van der Waals surface area contributed by atoms with E-state index in [0.29, 0.717) is 13.1 Å². The molecule has 0 aliphatic carbocycles. The fraction of sp³-hybridized carbons (Fsp3) is 0.778. The summed E-state index contributed by atoms with van der Waals surface area (Å²) in [6.45, 7) is 6.16. The fourth-order valence-corrected chi connectivity index (χ4v) is 1.77. The molecular weight excluding hydrogens is 184 g/mol. The van der Waals surface area contributed by atoms with Crippen molar-refractivity contribution in [3.8, 4) is 0 Å². The monoisotopic (exact) mass is 200 g/mol. The highest BCUT2D eigenvalue weighted by Gasteiger charge is 2.46. The van der Waals surface area contributed by atoms with E-state index >= 15 is 0 Å². The number of carboxylic acid groups (broad SMARTS) is 1. The predicted octanol–water partition coefficient (Wildman–Crippen LogP) is -0.925. The molecule has 0 aromatic rings. The number of carbonyl (C=O) groups excluding carboxylic acids is 2. The molecule has 5 heteroatoms. The van der Waals surface area contributed by atoms with Crippen molar-refractivity contribution in [1.82, 2.24) is 5.32 Å². The molecule has 5 nitrogen and oxygen atoms in total. The standard InChI is InChI=1S/C9H16N2O3/c1-9(2,3)11(8(13)14)5-4-10-7(12)6-11/h4-6H2,1-3H3,(H-,10,12,13,14). The summed E-state index contributed by atoms with van der Waals surface area (Å²) in [5.74, 6) is -0.227. The van der Waals surface area contributed by atoms with Crippen LogP contribution in [0.2, 0.25) is 0 Å². The first-order valence-corrected chi connectivity index (χ1v) is 4.65. The minimum absolute atomic E-state index is 0.0359. The third-order valence-corrected chi connectivity index (χ3v) is 2.86. The van der Waals surface area contributed by atoms with Crippen LogP contribution in [0.3, 0.4) is 0 Å². The predicted molar refractivity (Wildman–Crippen MR) is 48.2 cm³/mol. The Hall–Kier alpha value is -1.10. The van der Waals surface area contributed by atoms with E-state index in [-0.39, 0.29) is 16.9 Å². The van der Waals surface area contributed by atoms with Crippen LogP contribution in [0, 0.1) is 0 Å². The minimum Gasteiger partial charge on any atom is -0.498 e. The second kappa shape index (κ2) is 3.24. The molecule has 0 saturated carbocycles. The largest absolute Gasteiger partial charge is 0.498 e. The van der Waals surface area contributed by atoms with E-state index in [1.54, 1.807) is 20.8 Å². The van der Waals surface area contributed by atoms with Crippen LogP contribution in [0.25, 0.3) is 0 Å². The maximum absolute atomic E-state index is 11.2.